The second kappa shape index (κ2) is 12.2. The van der Waals surface area contributed by atoms with Gasteiger partial charge in [0.2, 0.25) is 11.8 Å². The van der Waals surface area contributed by atoms with Crippen LogP contribution in [0.15, 0.2) is 88.2 Å². The highest BCUT2D eigenvalue weighted by atomic mass is 79.9. The van der Waals surface area contributed by atoms with E-state index in [-0.39, 0.29) is 17.3 Å². The van der Waals surface area contributed by atoms with Crippen LogP contribution < -0.4 is 9.62 Å². The van der Waals surface area contributed by atoms with E-state index in [0.29, 0.717) is 16.6 Å². The van der Waals surface area contributed by atoms with Crippen molar-refractivity contribution in [3.63, 3.8) is 0 Å². The summed E-state index contributed by atoms with van der Waals surface area (Å²) in [6.45, 7) is 3.31. The fourth-order valence-corrected chi connectivity index (χ4v) is 5.57. The lowest BCUT2D eigenvalue weighted by Gasteiger charge is -2.31. The number of carbonyl (C=O) groups excluding carboxylic acids is 2. The van der Waals surface area contributed by atoms with Crippen molar-refractivity contribution in [1.29, 1.82) is 0 Å². The molecule has 190 valence electrons. The first kappa shape index (κ1) is 27.4. The minimum absolute atomic E-state index is 0.0797. The number of likely N-dealkylation sites (N-methyl/N-ethyl adjacent to an activating group) is 1. The number of hydrogen-bond donors (Lipinski definition) is 1. The number of rotatable bonds is 10. The molecule has 0 aliphatic carbocycles. The average molecular weight is 573 g/mol. The first-order valence-corrected chi connectivity index (χ1v) is 13.8. The number of hydrogen-bond acceptors (Lipinski definition) is 4. The summed E-state index contributed by atoms with van der Waals surface area (Å²) in [5.74, 6) is -0.801. The van der Waals surface area contributed by atoms with E-state index in [4.69, 9.17) is 0 Å². The Morgan fingerprint density at radius 3 is 2.25 bits per heavy atom. The lowest BCUT2D eigenvalue weighted by molar-refractivity contribution is -0.138. The predicted molar refractivity (Wildman–Crippen MR) is 145 cm³/mol. The Bertz CT molecular complexity index is 1300. The monoisotopic (exact) mass is 571 g/mol. The standard InChI is InChI=1S/C27H30BrN3O4S/c1-20-12-14-25(15-13-20)36(34,35)31(24-11-7-10-23(28)18-24)19-26(32)30(21(2)27(33)29-3)17-16-22-8-5-4-6-9-22/h4-15,18,21H,16-17,19H2,1-3H3,(H,29,33)/t21-/m1/s1. The molecular formula is C27H30BrN3O4S. The number of anilines is 1. The molecule has 0 radical (unpaired) electrons. The lowest BCUT2D eigenvalue weighted by Crippen LogP contribution is -2.51. The molecule has 0 fully saturated rings. The highest BCUT2D eigenvalue weighted by Gasteiger charge is 2.32. The van der Waals surface area contributed by atoms with Crippen LogP contribution in [0.25, 0.3) is 0 Å². The zero-order valence-corrected chi connectivity index (χ0v) is 22.9. The zero-order chi connectivity index (χ0) is 26.3. The highest BCUT2D eigenvalue weighted by molar-refractivity contribution is 9.10. The summed E-state index contributed by atoms with van der Waals surface area (Å²) in [7, 11) is -2.56. The molecule has 0 aliphatic rings. The van der Waals surface area contributed by atoms with Gasteiger partial charge in [0.25, 0.3) is 10.0 Å². The van der Waals surface area contributed by atoms with Gasteiger partial charge in [-0.25, -0.2) is 8.42 Å². The van der Waals surface area contributed by atoms with Gasteiger partial charge in [-0.2, -0.15) is 0 Å². The summed E-state index contributed by atoms with van der Waals surface area (Å²) in [5, 5.41) is 2.58. The van der Waals surface area contributed by atoms with Gasteiger partial charge < -0.3 is 10.2 Å². The molecule has 7 nitrogen and oxygen atoms in total. The number of amides is 2. The minimum Gasteiger partial charge on any atom is -0.357 e. The molecule has 2 amide bonds. The molecule has 0 bridgehead atoms. The maximum absolute atomic E-state index is 13.7. The molecule has 1 atom stereocenters. The van der Waals surface area contributed by atoms with E-state index < -0.39 is 28.5 Å². The number of aryl methyl sites for hydroxylation is 1. The van der Waals surface area contributed by atoms with E-state index in [1.807, 2.05) is 37.3 Å². The van der Waals surface area contributed by atoms with Gasteiger partial charge in [0.15, 0.2) is 0 Å². The Hall–Kier alpha value is -3.17. The summed E-state index contributed by atoms with van der Waals surface area (Å²) in [6, 6.07) is 22.1. The maximum Gasteiger partial charge on any atom is 0.264 e. The second-order valence-electron chi connectivity index (χ2n) is 8.42. The number of benzene rings is 3. The van der Waals surface area contributed by atoms with Crippen LogP contribution in [0.1, 0.15) is 18.1 Å². The van der Waals surface area contributed by atoms with Gasteiger partial charge in [-0.3, -0.25) is 13.9 Å². The van der Waals surface area contributed by atoms with Crippen LogP contribution in [0.3, 0.4) is 0 Å². The van der Waals surface area contributed by atoms with Crippen LogP contribution >= 0.6 is 15.9 Å². The molecule has 0 aliphatic heterocycles. The minimum atomic E-state index is -4.07. The van der Waals surface area contributed by atoms with E-state index >= 15 is 0 Å². The van der Waals surface area contributed by atoms with E-state index in [1.165, 1.54) is 24.1 Å². The van der Waals surface area contributed by atoms with Crippen molar-refractivity contribution in [2.45, 2.75) is 31.2 Å². The van der Waals surface area contributed by atoms with E-state index in [9.17, 15) is 18.0 Å². The largest absolute Gasteiger partial charge is 0.357 e. The molecule has 0 saturated heterocycles. The van der Waals surface area contributed by atoms with Gasteiger partial charge in [-0.05, 0) is 56.2 Å². The number of carbonyl (C=O) groups is 2. The Balaban J connectivity index is 1.97. The van der Waals surface area contributed by atoms with Gasteiger partial charge in [0.05, 0.1) is 10.6 Å². The Kier molecular flexibility index (Phi) is 9.28. The van der Waals surface area contributed by atoms with Crippen molar-refractivity contribution >= 4 is 43.5 Å². The van der Waals surface area contributed by atoms with Crippen LogP contribution in [-0.2, 0) is 26.0 Å². The molecule has 1 N–H and O–H groups in total. The van der Waals surface area contributed by atoms with E-state index in [1.54, 1.807) is 43.3 Å². The van der Waals surface area contributed by atoms with Gasteiger partial charge in [0, 0.05) is 18.1 Å². The molecule has 3 aromatic carbocycles. The third-order valence-electron chi connectivity index (χ3n) is 5.88. The molecular weight excluding hydrogens is 542 g/mol. The van der Waals surface area contributed by atoms with Crippen LogP contribution in [0.4, 0.5) is 5.69 Å². The predicted octanol–water partition coefficient (Wildman–Crippen LogP) is 4.16. The molecule has 36 heavy (non-hydrogen) atoms. The number of nitrogens with zero attached hydrogens (tertiary/aromatic N) is 2. The molecule has 0 heterocycles. The Morgan fingerprint density at radius 1 is 0.972 bits per heavy atom. The summed E-state index contributed by atoms with van der Waals surface area (Å²) in [4.78, 5) is 27.6. The SMILES string of the molecule is CNC(=O)[C@@H](C)N(CCc1ccccc1)C(=O)CN(c1cccc(Br)c1)S(=O)(=O)c1ccc(C)cc1. The Morgan fingerprint density at radius 2 is 1.64 bits per heavy atom. The highest BCUT2D eigenvalue weighted by Crippen LogP contribution is 2.27. The van der Waals surface area contributed by atoms with Crippen molar-refractivity contribution in [3.05, 3.63) is 94.5 Å². The van der Waals surface area contributed by atoms with E-state index in [2.05, 4.69) is 21.2 Å². The van der Waals surface area contributed by atoms with Crippen LogP contribution in [-0.4, -0.2) is 51.3 Å². The summed E-state index contributed by atoms with van der Waals surface area (Å²) >= 11 is 3.39. The molecule has 0 spiro atoms. The summed E-state index contributed by atoms with van der Waals surface area (Å²) in [6.07, 6.45) is 0.523. The van der Waals surface area contributed by atoms with Crippen LogP contribution in [0, 0.1) is 6.92 Å². The molecule has 0 aromatic heterocycles. The summed E-state index contributed by atoms with van der Waals surface area (Å²) in [5.41, 5.74) is 2.27. The van der Waals surface area contributed by atoms with Crippen molar-refractivity contribution in [3.8, 4) is 0 Å². The average Bonchev–Trinajstić information content (AvgIpc) is 2.87. The van der Waals surface area contributed by atoms with Crippen molar-refractivity contribution in [2.75, 3.05) is 24.4 Å². The second-order valence-corrected chi connectivity index (χ2v) is 11.2. The number of halogens is 1. The van der Waals surface area contributed by atoms with Gasteiger partial charge >= 0.3 is 0 Å². The quantitative estimate of drug-likeness (QED) is 0.396. The third kappa shape index (κ3) is 6.73. The van der Waals surface area contributed by atoms with Crippen molar-refractivity contribution < 1.29 is 18.0 Å². The zero-order valence-electron chi connectivity index (χ0n) is 20.5. The maximum atomic E-state index is 13.7. The number of sulfonamides is 1. The van der Waals surface area contributed by atoms with Gasteiger partial charge in [0.1, 0.15) is 12.6 Å². The smallest absolute Gasteiger partial charge is 0.264 e. The summed E-state index contributed by atoms with van der Waals surface area (Å²) < 4.78 is 29.2. The van der Waals surface area contributed by atoms with Gasteiger partial charge in [-0.15, -0.1) is 0 Å². The first-order valence-electron chi connectivity index (χ1n) is 11.5. The van der Waals surface area contributed by atoms with E-state index in [0.717, 1.165) is 15.4 Å². The van der Waals surface area contributed by atoms with Crippen molar-refractivity contribution in [1.82, 2.24) is 10.2 Å². The topological polar surface area (TPSA) is 86.8 Å². The van der Waals surface area contributed by atoms with Crippen LogP contribution in [0.2, 0.25) is 0 Å². The number of nitrogens with one attached hydrogen (secondary N) is 1. The van der Waals surface area contributed by atoms with Crippen molar-refractivity contribution in [2.24, 2.45) is 0 Å². The molecule has 9 heteroatoms. The lowest BCUT2D eigenvalue weighted by atomic mass is 10.1. The Labute approximate surface area is 221 Å². The van der Waals surface area contributed by atoms with Crippen LogP contribution in [0.5, 0.6) is 0 Å². The molecule has 0 saturated carbocycles. The third-order valence-corrected chi connectivity index (χ3v) is 8.16. The fourth-order valence-electron chi connectivity index (χ4n) is 3.78. The molecule has 0 unspecified atom stereocenters. The first-order chi connectivity index (χ1) is 17.1. The normalized spacial score (nSPS) is 12.0. The van der Waals surface area contributed by atoms with Gasteiger partial charge in [-0.1, -0.05) is 70.0 Å². The fraction of sp³-hybridized carbons (Fsp3) is 0.259. The molecule has 3 rings (SSSR count). The molecule has 3 aromatic rings.